The van der Waals surface area contributed by atoms with E-state index in [0.29, 0.717) is 12.6 Å². The topological polar surface area (TPSA) is 29.5 Å². The molecule has 3 heteroatoms. The molecule has 3 nitrogen and oxygen atoms in total. The Balaban J connectivity index is 2.51. The summed E-state index contributed by atoms with van der Waals surface area (Å²) in [6.07, 6.45) is 9.07. The summed E-state index contributed by atoms with van der Waals surface area (Å²) < 4.78 is 4.71. The Morgan fingerprint density at radius 1 is 1.60 bits per heavy atom. The van der Waals surface area contributed by atoms with Crippen molar-refractivity contribution in [1.29, 1.82) is 0 Å². The highest BCUT2D eigenvalue weighted by Crippen LogP contribution is 2.16. The molecule has 0 radical (unpaired) electrons. The molecule has 1 unspecified atom stereocenters. The summed E-state index contributed by atoms with van der Waals surface area (Å²) in [4.78, 5) is 13.5. The molecule has 0 aliphatic heterocycles. The van der Waals surface area contributed by atoms with Gasteiger partial charge in [-0.15, -0.1) is 0 Å². The Morgan fingerprint density at radius 3 is 2.93 bits per heavy atom. The van der Waals surface area contributed by atoms with E-state index in [1.54, 1.807) is 0 Å². The predicted octanol–water partition coefficient (Wildman–Crippen LogP) is 1.98. The van der Waals surface area contributed by atoms with Crippen LogP contribution in [0, 0.1) is 0 Å². The molecule has 0 bridgehead atoms. The third-order valence-electron chi connectivity index (χ3n) is 2.77. The maximum absolute atomic E-state index is 11.3. The summed E-state index contributed by atoms with van der Waals surface area (Å²) in [5.41, 5.74) is 0. The molecule has 0 aromatic heterocycles. The first-order chi connectivity index (χ1) is 7.27. The largest absolute Gasteiger partial charge is 0.468 e. The Labute approximate surface area is 92.1 Å². The monoisotopic (exact) mass is 211 g/mol. The molecule has 0 N–H and O–H groups in total. The number of carbonyl (C=O) groups excluding carboxylic acids is 1. The number of nitrogens with zero attached hydrogens (tertiary/aromatic N) is 1. The number of rotatable bonds is 5. The number of carbonyl (C=O) groups is 1. The fourth-order valence-corrected chi connectivity index (χ4v) is 1.98. The van der Waals surface area contributed by atoms with E-state index in [1.165, 1.54) is 20.0 Å². The van der Waals surface area contributed by atoms with Crippen molar-refractivity contribution in [3.63, 3.8) is 0 Å². The van der Waals surface area contributed by atoms with Crippen molar-refractivity contribution in [1.82, 2.24) is 4.90 Å². The van der Waals surface area contributed by atoms with Gasteiger partial charge in [-0.1, -0.05) is 19.1 Å². The van der Waals surface area contributed by atoms with Gasteiger partial charge < -0.3 is 4.74 Å². The van der Waals surface area contributed by atoms with Gasteiger partial charge in [0.2, 0.25) is 0 Å². The smallest absolute Gasteiger partial charge is 0.319 e. The number of hydrogen-bond donors (Lipinski definition) is 0. The van der Waals surface area contributed by atoms with Crippen LogP contribution in [0.1, 0.15) is 32.6 Å². The van der Waals surface area contributed by atoms with Crippen molar-refractivity contribution in [2.75, 3.05) is 20.2 Å². The number of ether oxygens (including phenoxy) is 1. The van der Waals surface area contributed by atoms with Crippen LogP contribution in [0.4, 0.5) is 0 Å². The van der Waals surface area contributed by atoms with Gasteiger partial charge in [0, 0.05) is 6.04 Å². The second kappa shape index (κ2) is 6.62. The van der Waals surface area contributed by atoms with Gasteiger partial charge in [0.25, 0.3) is 0 Å². The average Bonchev–Trinajstić information content (AvgIpc) is 2.29. The third-order valence-corrected chi connectivity index (χ3v) is 2.77. The molecule has 0 saturated carbocycles. The van der Waals surface area contributed by atoms with Crippen LogP contribution < -0.4 is 0 Å². The fourth-order valence-electron chi connectivity index (χ4n) is 1.98. The van der Waals surface area contributed by atoms with Gasteiger partial charge in [-0.25, -0.2) is 0 Å². The third kappa shape index (κ3) is 4.04. The van der Waals surface area contributed by atoms with E-state index in [1.807, 2.05) is 0 Å². The minimum atomic E-state index is -0.137. The summed E-state index contributed by atoms with van der Waals surface area (Å²) in [5, 5.41) is 0. The van der Waals surface area contributed by atoms with Crippen LogP contribution in [-0.2, 0) is 9.53 Å². The van der Waals surface area contributed by atoms with Crippen molar-refractivity contribution < 1.29 is 9.53 Å². The van der Waals surface area contributed by atoms with Crippen molar-refractivity contribution in [3.05, 3.63) is 12.2 Å². The van der Waals surface area contributed by atoms with E-state index in [9.17, 15) is 4.79 Å². The van der Waals surface area contributed by atoms with Crippen LogP contribution >= 0.6 is 0 Å². The molecule has 0 spiro atoms. The molecule has 0 aromatic carbocycles. The molecule has 0 aromatic rings. The quantitative estimate of drug-likeness (QED) is 0.514. The van der Waals surface area contributed by atoms with Gasteiger partial charge in [0.05, 0.1) is 13.7 Å². The van der Waals surface area contributed by atoms with Crippen LogP contribution in [0.5, 0.6) is 0 Å². The molecule has 0 amide bonds. The molecular weight excluding hydrogens is 190 g/mol. The Morgan fingerprint density at radius 2 is 2.40 bits per heavy atom. The molecule has 0 saturated heterocycles. The van der Waals surface area contributed by atoms with E-state index >= 15 is 0 Å². The van der Waals surface area contributed by atoms with Crippen molar-refractivity contribution in [2.45, 2.75) is 38.6 Å². The molecule has 1 atom stereocenters. The van der Waals surface area contributed by atoms with Gasteiger partial charge >= 0.3 is 5.97 Å². The van der Waals surface area contributed by atoms with Crippen LogP contribution in [-0.4, -0.2) is 37.1 Å². The highest BCUT2D eigenvalue weighted by atomic mass is 16.5. The first-order valence-corrected chi connectivity index (χ1v) is 5.75. The van der Waals surface area contributed by atoms with Gasteiger partial charge in [-0.05, 0) is 32.2 Å². The Hall–Kier alpha value is -0.830. The van der Waals surface area contributed by atoms with Gasteiger partial charge in [-0.2, -0.15) is 0 Å². The molecule has 1 aliphatic carbocycles. The molecule has 1 rings (SSSR count). The predicted molar refractivity (Wildman–Crippen MR) is 60.7 cm³/mol. The number of hydrogen-bond acceptors (Lipinski definition) is 3. The van der Waals surface area contributed by atoms with E-state index in [2.05, 4.69) is 24.0 Å². The first-order valence-electron chi connectivity index (χ1n) is 5.75. The summed E-state index contributed by atoms with van der Waals surface area (Å²) >= 11 is 0. The maximum Gasteiger partial charge on any atom is 0.319 e. The van der Waals surface area contributed by atoms with Crippen LogP contribution in [0.2, 0.25) is 0 Å². The molecule has 0 fully saturated rings. The van der Waals surface area contributed by atoms with E-state index in [-0.39, 0.29) is 5.97 Å². The summed E-state index contributed by atoms with van der Waals surface area (Å²) in [7, 11) is 1.45. The summed E-state index contributed by atoms with van der Waals surface area (Å²) in [5.74, 6) is -0.137. The highest BCUT2D eigenvalue weighted by Gasteiger charge is 2.19. The zero-order valence-electron chi connectivity index (χ0n) is 9.74. The fraction of sp³-hybridized carbons (Fsp3) is 0.750. The molecular formula is C12H21NO2. The average molecular weight is 211 g/mol. The normalized spacial score (nSPS) is 20.6. The summed E-state index contributed by atoms with van der Waals surface area (Å²) in [6.45, 7) is 3.51. The standard InChI is InChI=1S/C12H21NO2/c1-3-9-13(10-12(14)15-2)11-7-5-4-6-8-11/h5,7,11H,3-4,6,8-10H2,1-2H3. The maximum atomic E-state index is 11.3. The number of allylic oxidation sites excluding steroid dienone is 1. The van der Waals surface area contributed by atoms with Gasteiger partial charge in [-0.3, -0.25) is 9.69 Å². The number of esters is 1. The Bertz CT molecular complexity index is 226. The van der Waals surface area contributed by atoms with E-state index in [0.717, 1.165) is 19.4 Å². The van der Waals surface area contributed by atoms with E-state index < -0.39 is 0 Å². The molecule has 1 aliphatic rings. The van der Waals surface area contributed by atoms with Crippen molar-refractivity contribution in [2.24, 2.45) is 0 Å². The molecule has 15 heavy (non-hydrogen) atoms. The van der Waals surface area contributed by atoms with Gasteiger partial charge in [0.1, 0.15) is 0 Å². The number of methoxy groups -OCH3 is 1. The zero-order chi connectivity index (χ0) is 11.1. The lowest BCUT2D eigenvalue weighted by atomic mass is 10.0. The lowest BCUT2D eigenvalue weighted by molar-refractivity contribution is -0.142. The summed E-state index contributed by atoms with van der Waals surface area (Å²) in [6, 6.07) is 0.429. The Kier molecular flexibility index (Phi) is 5.40. The van der Waals surface area contributed by atoms with Crippen LogP contribution in [0.3, 0.4) is 0 Å². The minimum Gasteiger partial charge on any atom is -0.468 e. The zero-order valence-corrected chi connectivity index (χ0v) is 9.74. The first kappa shape index (κ1) is 12.2. The van der Waals surface area contributed by atoms with Crippen molar-refractivity contribution in [3.8, 4) is 0 Å². The second-order valence-electron chi connectivity index (χ2n) is 3.97. The molecule has 0 heterocycles. The molecule has 86 valence electrons. The SMILES string of the molecule is CCCN(CC(=O)OC)C1C=CCCC1. The van der Waals surface area contributed by atoms with E-state index in [4.69, 9.17) is 4.74 Å². The second-order valence-corrected chi connectivity index (χ2v) is 3.97. The van der Waals surface area contributed by atoms with Crippen LogP contribution in [0.25, 0.3) is 0 Å². The van der Waals surface area contributed by atoms with Gasteiger partial charge in [0.15, 0.2) is 0 Å². The highest BCUT2D eigenvalue weighted by molar-refractivity contribution is 5.71. The van der Waals surface area contributed by atoms with Crippen LogP contribution in [0.15, 0.2) is 12.2 Å². The lowest BCUT2D eigenvalue weighted by Gasteiger charge is -2.30. The lowest BCUT2D eigenvalue weighted by Crippen LogP contribution is -2.39. The minimum absolute atomic E-state index is 0.137. The van der Waals surface area contributed by atoms with Crippen molar-refractivity contribution >= 4 is 5.97 Å².